The first-order chi connectivity index (χ1) is 15.8. The Kier molecular flexibility index (Phi) is 8.46. The number of amides is 2. The fourth-order valence-electron chi connectivity index (χ4n) is 3.63. The van der Waals surface area contributed by atoms with Crippen molar-refractivity contribution in [3.63, 3.8) is 0 Å². The third kappa shape index (κ3) is 7.03. The minimum atomic E-state index is -3.50. The van der Waals surface area contributed by atoms with Crippen molar-refractivity contribution in [2.75, 3.05) is 43.9 Å². The van der Waals surface area contributed by atoms with Crippen LogP contribution < -0.4 is 10.6 Å². The van der Waals surface area contributed by atoms with Crippen molar-refractivity contribution >= 4 is 33.2 Å². The van der Waals surface area contributed by atoms with Crippen LogP contribution in [0.3, 0.4) is 0 Å². The summed E-state index contributed by atoms with van der Waals surface area (Å²) in [6.07, 6.45) is 3.89. The molecule has 2 aromatic rings. The molecule has 33 heavy (non-hydrogen) atoms. The predicted octanol–water partition coefficient (Wildman–Crippen LogP) is 3.07. The van der Waals surface area contributed by atoms with Crippen molar-refractivity contribution in [1.29, 1.82) is 0 Å². The summed E-state index contributed by atoms with van der Waals surface area (Å²) in [4.78, 5) is 26.2. The number of anilines is 2. The van der Waals surface area contributed by atoms with Gasteiger partial charge in [0.25, 0.3) is 0 Å². The zero-order valence-corrected chi connectivity index (χ0v) is 20.0. The zero-order valence-electron chi connectivity index (χ0n) is 19.2. The lowest BCUT2D eigenvalue weighted by Gasteiger charge is -2.20. The summed E-state index contributed by atoms with van der Waals surface area (Å²) in [5.74, 6) is -0.534. The van der Waals surface area contributed by atoms with Crippen LogP contribution in [-0.2, 0) is 19.6 Å². The highest BCUT2D eigenvalue weighted by molar-refractivity contribution is 7.89. The van der Waals surface area contributed by atoms with Gasteiger partial charge < -0.3 is 15.5 Å². The fraction of sp³-hybridized carbons (Fsp3) is 0.417. The maximum absolute atomic E-state index is 12.9. The Bertz CT molecular complexity index is 1040. The van der Waals surface area contributed by atoms with Gasteiger partial charge >= 0.3 is 0 Å². The molecule has 1 aliphatic rings. The summed E-state index contributed by atoms with van der Waals surface area (Å²) < 4.78 is 27.3. The minimum absolute atomic E-state index is 0.00741. The molecule has 0 unspecified atom stereocenters. The lowest BCUT2D eigenvalue weighted by atomic mass is 10.2. The Balaban J connectivity index is 1.49. The van der Waals surface area contributed by atoms with Crippen LogP contribution in [0, 0.1) is 6.92 Å². The monoisotopic (exact) mass is 472 g/mol. The summed E-state index contributed by atoms with van der Waals surface area (Å²) >= 11 is 0. The van der Waals surface area contributed by atoms with E-state index in [1.165, 1.54) is 4.90 Å². The van der Waals surface area contributed by atoms with E-state index in [1.54, 1.807) is 35.6 Å². The number of sulfonamides is 1. The third-order valence-corrected chi connectivity index (χ3v) is 7.56. The molecule has 178 valence electrons. The Hall–Kier alpha value is -2.91. The first-order valence-corrected chi connectivity index (χ1v) is 12.6. The molecule has 1 heterocycles. The standard InChI is InChI=1S/C24H32N4O4S/c1-19-7-9-21(10-8-19)26-23(29)18-27(2)24(30)17-25-20-11-13-22(14-12-20)33(31,32)28-15-5-3-4-6-16-28/h7-14,25H,3-6,15-18H2,1-2H3,(H,26,29). The summed E-state index contributed by atoms with van der Waals surface area (Å²) in [6.45, 7) is 3.00. The average Bonchev–Trinajstić information content (AvgIpc) is 3.09. The summed E-state index contributed by atoms with van der Waals surface area (Å²) in [7, 11) is -1.94. The molecule has 2 aromatic carbocycles. The second-order valence-electron chi connectivity index (χ2n) is 8.36. The molecule has 2 amide bonds. The normalized spacial score (nSPS) is 14.8. The Morgan fingerprint density at radius 2 is 1.48 bits per heavy atom. The molecule has 0 atom stereocenters. The average molecular weight is 473 g/mol. The molecule has 0 aromatic heterocycles. The van der Waals surface area contributed by atoms with E-state index in [4.69, 9.17) is 0 Å². The lowest BCUT2D eigenvalue weighted by Crippen LogP contribution is -2.38. The third-order valence-electron chi connectivity index (χ3n) is 5.64. The van der Waals surface area contributed by atoms with E-state index in [2.05, 4.69) is 10.6 Å². The molecule has 9 heteroatoms. The molecular formula is C24H32N4O4S. The van der Waals surface area contributed by atoms with E-state index in [1.807, 2.05) is 31.2 Å². The second-order valence-corrected chi connectivity index (χ2v) is 10.3. The first-order valence-electron chi connectivity index (χ1n) is 11.2. The Morgan fingerprint density at radius 1 is 0.909 bits per heavy atom. The van der Waals surface area contributed by atoms with E-state index in [0.717, 1.165) is 31.2 Å². The summed E-state index contributed by atoms with van der Waals surface area (Å²) in [5.41, 5.74) is 2.41. The van der Waals surface area contributed by atoms with Crippen LogP contribution in [0.5, 0.6) is 0 Å². The van der Waals surface area contributed by atoms with Crippen LogP contribution in [0.1, 0.15) is 31.2 Å². The molecule has 1 fully saturated rings. The van der Waals surface area contributed by atoms with Gasteiger partial charge in [0.1, 0.15) is 0 Å². The number of rotatable bonds is 8. The van der Waals surface area contributed by atoms with Crippen LogP contribution in [0.2, 0.25) is 0 Å². The van der Waals surface area contributed by atoms with Gasteiger partial charge in [-0.15, -0.1) is 0 Å². The highest BCUT2D eigenvalue weighted by atomic mass is 32.2. The smallest absolute Gasteiger partial charge is 0.243 e. The van der Waals surface area contributed by atoms with Crippen molar-refractivity contribution in [2.45, 2.75) is 37.5 Å². The number of hydrogen-bond donors (Lipinski definition) is 2. The second kappa shape index (κ2) is 11.3. The van der Waals surface area contributed by atoms with Crippen LogP contribution >= 0.6 is 0 Å². The zero-order chi connectivity index (χ0) is 23.8. The topological polar surface area (TPSA) is 98.8 Å². The van der Waals surface area contributed by atoms with Gasteiger partial charge in [0.05, 0.1) is 18.0 Å². The molecule has 8 nitrogen and oxygen atoms in total. The Labute approximate surface area is 196 Å². The molecule has 0 bridgehead atoms. The van der Waals surface area contributed by atoms with E-state index < -0.39 is 10.0 Å². The molecule has 2 N–H and O–H groups in total. The maximum Gasteiger partial charge on any atom is 0.243 e. The molecule has 0 aliphatic carbocycles. The molecule has 0 saturated carbocycles. The number of nitrogens with zero attached hydrogens (tertiary/aromatic N) is 2. The largest absolute Gasteiger partial charge is 0.376 e. The van der Waals surface area contributed by atoms with Gasteiger partial charge in [0, 0.05) is 31.5 Å². The van der Waals surface area contributed by atoms with Crippen molar-refractivity contribution in [2.24, 2.45) is 0 Å². The van der Waals surface area contributed by atoms with Crippen LogP contribution in [0.4, 0.5) is 11.4 Å². The summed E-state index contributed by atoms with van der Waals surface area (Å²) in [5, 5.41) is 5.76. The van der Waals surface area contributed by atoms with Crippen molar-refractivity contribution in [1.82, 2.24) is 9.21 Å². The number of benzene rings is 2. The van der Waals surface area contributed by atoms with Crippen LogP contribution in [-0.4, -0.2) is 62.7 Å². The lowest BCUT2D eigenvalue weighted by molar-refractivity contribution is -0.131. The summed E-state index contributed by atoms with van der Waals surface area (Å²) in [6, 6.07) is 13.9. The highest BCUT2D eigenvalue weighted by Gasteiger charge is 2.25. The first kappa shape index (κ1) is 24.7. The van der Waals surface area contributed by atoms with Gasteiger partial charge in [-0.25, -0.2) is 8.42 Å². The molecule has 1 aliphatic heterocycles. The molecule has 0 spiro atoms. The van der Waals surface area contributed by atoms with E-state index in [0.29, 0.717) is 24.5 Å². The maximum atomic E-state index is 12.9. The van der Waals surface area contributed by atoms with E-state index >= 15 is 0 Å². The predicted molar refractivity (Wildman–Crippen MR) is 130 cm³/mol. The Morgan fingerprint density at radius 3 is 2.09 bits per heavy atom. The minimum Gasteiger partial charge on any atom is -0.376 e. The number of nitrogens with one attached hydrogen (secondary N) is 2. The van der Waals surface area contributed by atoms with Crippen LogP contribution in [0.15, 0.2) is 53.4 Å². The SMILES string of the molecule is Cc1ccc(NC(=O)CN(C)C(=O)CNc2ccc(S(=O)(=O)N3CCCCCC3)cc2)cc1. The van der Waals surface area contributed by atoms with Gasteiger partial charge in [0.2, 0.25) is 21.8 Å². The van der Waals surface area contributed by atoms with Crippen molar-refractivity contribution in [3.05, 3.63) is 54.1 Å². The van der Waals surface area contributed by atoms with Gasteiger partial charge in [-0.05, 0) is 56.2 Å². The van der Waals surface area contributed by atoms with Gasteiger partial charge in [-0.1, -0.05) is 30.5 Å². The molecular weight excluding hydrogens is 440 g/mol. The van der Waals surface area contributed by atoms with Gasteiger partial charge in [0.15, 0.2) is 0 Å². The fourth-order valence-corrected chi connectivity index (χ4v) is 5.15. The van der Waals surface area contributed by atoms with Crippen molar-refractivity contribution in [3.8, 4) is 0 Å². The molecule has 0 radical (unpaired) electrons. The van der Waals surface area contributed by atoms with Crippen molar-refractivity contribution < 1.29 is 18.0 Å². The van der Waals surface area contributed by atoms with E-state index in [9.17, 15) is 18.0 Å². The molecule has 3 rings (SSSR count). The quantitative estimate of drug-likeness (QED) is 0.615. The highest BCUT2D eigenvalue weighted by Crippen LogP contribution is 2.21. The number of aryl methyl sites for hydroxylation is 1. The van der Waals surface area contributed by atoms with Gasteiger partial charge in [-0.3, -0.25) is 9.59 Å². The van der Waals surface area contributed by atoms with E-state index in [-0.39, 0.29) is 29.8 Å². The number of carbonyl (C=O) groups excluding carboxylic acids is 2. The molecule has 1 saturated heterocycles. The number of hydrogen-bond acceptors (Lipinski definition) is 5. The number of likely N-dealkylation sites (N-methyl/N-ethyl adjacent to an activating group) is 1. The van der Waals surface area contributed by atoms with Gasteiger partial charge in [-0.2, -0.15) is 4.31 Å². The number of carbonyl (C=O) groups is 2. The van der Waals surface area contributed by atoms with Crippen LogP contribution in [0.25, 0.3) is 0 Å².